The first kappa shape index (κ1) is 20.6. The standard InChI is InChI=1S/C24H22Cl2N4/c1-24(2,3)16-10-8-15(9-11-16)19-6-5-7-21(27-19)30(4)22-18-13-12-17(25)14-20(18)28-23(26)29-22/h5-14H,1-4H3. The number of halogens is 2. The van der Waals surface area contributed by atoms with Gasteiger partial charge < -0.3 is 4.90 Å². The third-order valence-corrected chi connectivity index (χ3v) is 5.46. The minimum atomic E-state index is 0.115. The SMILES string of the molecule is CN(c1cccc(-c2ccc(C(C)(C)C)cc2)n1)c1nc(Cl)nc2cc(Cl)ccc12. The molecule has 0 saturated heterocycles. The molecule has 0 amide bonds. The van der Waals surface area contributed by atoms with Crippen molar-refractivity contribution in [1.29, 1.82) is 0 Å². The van der Waals surface area contributed by atoms with Gasteiger partial charge in [-0.15, -0.1) is 0 Å². The van der Waals surface area contributed by atoms with Crippen molar-refractivity contribution in [2.75, 3.05) is 11.9 Å². The minimum absolute atomic E-state index is 0.115. The smallest absolute Gasteiger partial charge is 0.224 e. The van der Waals surface area contributed by atoms with E-state index in [1.165, 1.54) is 5.56 Å². The number of benzene rings is 2. The fraction of sp³-hybridized carbons (Fsp3) is 0.208. The summed E-state index contributed by atoms with van der Waals surface area (Å²) in [5, 5.41) is 1.62. The Morgan fingerprint density at radius 1 is 0.833 bits per heavy atom. The highest BCUT2D eigenvalue weighted by molar-refractivity contribution is 6.31. The summed E-state index contributed by atoms with van der Waals surface area (Å²) >= 11 is 12.3. The second kappa shape index (κ2) is 7.86. The predicted molar refractivity (Wildman–Crippen MR) is 126 cm³/mol. The van der Waals surface area contributed by atoms with Gasteiger partial charge in [0.25, 0.3) is 0 Å². The van der Waals surface area contributed by atoms with E-state index in [0.717, 1.165) is 22.5 Å². The summed E-state index contributed by atoms with van der Waals surface area (Å²) in [5.74, 6) is 1.44. The quantitative estimate of drug-likeness (QED) is 0.322. The number of pyridine rings is 1. The number of fused-ring (bicyclic) bond motifs is 1. The Bertz CT molecular complexity index is 1210. The van der Waals surface area contributed by atoms with E-state index in [2.05, 4.69) is 55.0 Å². The molecule has 4 nitrogen and oxygen atoms in total. The van der Waals surface area contributed by atoms with E-state index in [0.29, 0.717) is 16.4 Å². The van der Waals surface area contributed by atoms with Crippen LogP contribution in [0.5, 0.6) is 0 Å². The number of rotatable bonds is 3. The van der Waals surface area contributed by atoms with E-state index < -0.39 is 0 Å². The Balaban J connectivity index is 1.73. The molecule has 0 aliphatic heterocycles. The zero-order valence-electron chi connectivity index (χ0n) is 17.3. The molecule has 0 saturated carbocycles. The summed E-state index contributed by atoms with van der Waals surface area (Å²) in [6, 6.07) is 20.0. The maximum Gasteiger partial charge on any atom is 0.224 e. The third kappa shape index (κ3) is 4.11. The average molecular weight is 437 g/mol. The molecule has 0 aliphatic rings. The first-order chi connectivity index (χ1) is 14.2. The molecule has 0 fully saturated rings. The lowest BCUT2D eigenvalue weighted by atomic mass is 9.86. The molecule has 0 radical (unpaired) electrons. The van der Waals surface area contributed by atoms with Gasteiger partial charge in [0.15, 0.2) is 0 Å². The molecular formula is C24H22Cl2N4. The molecule has 0 aliphatic carbocycles. The van der Waals surface area contributed by atoms with Crippen molar-refractivity contribution < 1.29 is 0 Å². The Kier molecular flexibility index (Phi) is 5.39. The van der Waals surface area contributed by atoms with E-state index >= 15 is 0 Å². The van der Waals surface area contributed by atoms with Crippen LogP contribution in [-0.4, -0.2) is 22.0 Å². The minimum Gasteiger partial charge on any atom is -0.313 e. The van der Waals surface area contributed by atoms with Gasteiger partial charge in [0, 0.05) is 23.0 Å². The fourth-order valence-electron chi connectivity index (χ4n) is 3.33. The summed E-state index contributed by atoms with van der Waals surface area (Å²) in [6.07, 6.45) is 0. The predicted octanol–water partition coefficient (Wildman–Crippen LogP) is 7.06. The molecule has 30 heavy (non-hydrogen) atoms. The normalized spacial score (nSPS) is 11.7. The monoisotopic (exact) mass is 436 g/mol. The highest BCUT2D eigenvalue weighted by Crippen LogP contribution is 2.32. The Labute approximate surface area is 186 Å². The molecule has 0 bridgehead atoms. The van der Waals surface area contributed by atoms with Gasteiger partial charge in [-0.05, 0) is 52.9 Å². The maximum absolute atomic E-state index is 6.17. The molecule has 4 aromatic rings. The van der Waals surface area contributed by atoms with Crippen LogP contribution in [0.1, 0.15) is 26.3 Å². The topological polar surface area (TPSA) is 41.9 Å². The van der Waals surface area contributed by atoms with Crippen molar-refractivity contribution in [3.8, 4) is 11.3 Å². The van der Waals surface area contributed by atoms with Gasteiger partial charge in [0.2, 0.25) is 5.28 Å². The van der Waals surface area contributed by atoms with Crippen LogP contribution < -0.4 is 4.90 Å². The van der Waals surface area contributed by atoms with E-state index in [-0.39, 0.29) is 10.7 Å². The van der Waals surface area contributed by atoms with Crippen LogP contribution >= 0.6 is 23.2 Å². The molecular weight excluding hydrogens is 415 g/mol. The zero-order valence-corrected chi connectivity index (χ0v) is 18.8. The first-order valence-corrected chi connectivity index (χ1v) is 10.4. The van der Waals surface area contributed by atoms with Crippen LogP contribution in [0.2, 0.25) is 10.3 Å². The highest BCUT2D eigenvalue weighted by atomic mass is 35.5. The van der Waals surface area contributed by atoms with Crippen LogP contribution in [0, 0.1) is 0 Å². The van der Waals surface area contributed by atoms with Crippen LogP contribution in [0.3, 0.4) is 0 Å². The molecule has 152 valence electrons. The molecule has 0 N–H and O–H groups in total. The lowest BCUT2D eigenvalue weighted by molar-refractivity contribution is 0.590. The Hall–Kier alpha value is -2.69. The molecule has 0 spiro atoms. The highest BCUT2D eigenvalue weighted by Gasteiger charge is 2.16. The molecule has 2 aromatic carbocycles. The van der Waals surface area contributed by atoms with Crippen molar-refractivity contribution in [2.45, 2.75) is 26.2 Å². The van der Waals surface area contributed by atoms with E-state index in [1.54, 1.807) is 6.07 Å². The Morgan fingerprint density at radius 3 is 2.27 bits per heavy atom. The summed E-state index contributed by atoms with van der Waals surface area (Å²) < 4.78 is 0. The summed E-state index contributed by atoms with van der Waals surface area (Å²) in [7, 11) is 1.92. The molecule has 2 aromatic heterocycles. The molecule has 0 unspecified atom stereocenters. The fourth-order valence-corrected chi connectivity index (χ4v) is 3.67. The summed E-state index contributed by atoms with van der Waals surface area (Å²) in [5.41, 5.74) is 4.06. The average Bonchev–Trinajstić information content (AvgIpc) is 2.72. The van der Waals surface area contributed by atoms with Crippen LogP contribution in [0.4, 0.5) is 11.6 Å². The number of hydrogen-bond donors (Lipinski definition) is 0. The van der Waals surface area contributed by atoms with Crippen molar-refractivity contribution in [3.63, 3.8) is 0 Å². The zero-order chi connectivity index (χ0) is 21.5. The van der Waals surface area contributed by atoms with Gasteiger partial charge in [0.05, 0.1) is 11.2 Å². The molecule has 4 rings (SSSR count). The second-order valence-corrected chi connectivity index (χ2v) is 9.02. The molecule has 6 heteroatoms. The van der Waals surface area contributed by atoms with E-state index in [1.807, 2.05) is 42.3 Å². The summed E-state index contributed by atoms with van der Waals surface area (Å²) in [4.78, 5) is 15.5. The number of nitrogens with zero attached hydrogens (tertiary/aromatic N) is 4. The first-order valence-electron chi connectivity index (χ1n) is 9.67. The lowest BCUT2D eigenvalue weighted by Gasteiger charge is -2.20. The van der Waals surface area contributed by atoms with Crippen LogP contribution in [0.15, 0.2) is 60.7 Å². The largest absolute Gasteiger partial charge is 0.313 e. The van der Waals surface area contributed by atoms with Crippen molar-refractivity contribution in [1.82, 2.24) is 15.0 Å². The molecule has 2 heterocycles. The lowest BCUT2D eigenvalue weighted by Crippen LogP contribution is -2.14. The van der Waals surface area contributed by atoms with E-state index in [4.69, 9.17) is 28.2 Å². The third-order valence-electron chi connectivity index (χ3n) is 5.05. The van der Waals surface area contributed by atoms with Gasteiger partial charge >= 0.3 is 0 Å². The van der Waals surface area contributed by atoms with Gasteiger partial charge in [-0.25, -0.2) is 9.97 Å². The van der Waals surface area contributed by atoms with Crippen LogP contribution in [-0.2, 0) is 5.41 Å². The van der Waals surface area contributed by atoms with E-state index in [9.17, 15) is 0 Å². The maximum atomic E-state index is 6.17. The van der Waals surface area contributed by atoms with Gasteiger partial charge in [0.1, 0.15) is 11.6 Å². The summed E-state index contributed by atoms with van der Waals surface area (Å²) in [6.45, 7) is 6.63. The van der Waals surface area contributed by atoms with Crippen molar-refractivity contribution in [2.24, 2.45) is 0 Å². The Morgan fingerprint density at radius 2 is 1.57 bits per heavy atom. The van der Waals surface area contributed by atoms with Gasteiger partial charge in [-0.1, -0.05) is 62.7 Å². The molecule has 0 atom stereocenters. The van der Waals surface area contributed by atoms with Crippen molar-refractivity contribution in [3.05, 3.63) is 76.5 Å². The van der Waals surface area contributed by atoms with Crippen LogP contribution in [0.25, 0.3) is 22.2 Å². The van der Waals surface area contributed by atoms with Crippen molar-refractivity contribution >= 4 is 45.7 Å². The van der Waals surface area contributed by atoms with Gasteiger partial charge in [-0.2, -0.15) is 4.98 Å². The number of hydrogen-bond acceptors (Lipinski definition) is 4. The second-order valence-electron chi connectivity index (χ2n) is 8.25. The number of aromatic nitrogens is 3. The number of anilines is 2. The van der Waals surface area contributed by atoms with Gasteiger partial charge in [-0.3, -0.25) is 0 Å².